The van der Waals surface area contributed by atoms with Crippen LogP contribution in [-0.2, 0) is 17.8 Å². The number of nitrogens with zero attached hydrogens (tertiary/aromatic N) is 3. The summed E-state index contributed by atoms with van der Waals surface area (Å²) in [6.07, 6.45) is 7.07. The van der Waals surface area contributed by atoms with E-state index in [4.69, 9.17) is 0 Å². The molecule has 0 saturated heterocycles. The average molecular weight is 345 g/mol. The van der Waals surface area contributed by atoms with Crippen LogP contribution in [0.25, 0.3) is 0 Å². The highest BCUT2D eigenvalue weighted by Crippen LogP contribution is 2.33. The second-order valence-corrected chi connectivity index (χ2v) is 6.07. The van der Waals surface area contributed by atoms with Crippen molar-refractivity contribution in [1.82, 2.24) is 9.97 Å². The minimum absolute atomic E-state index is 0.602. The SMILES string of the molecule is O=CN(c1ccc2c(c1)NCC2)c1cccnc1NCc1ccncc1. The number of pyridine rings is 2. The Bertz CT molecular complexity index is 913. The first-order valence-corrected chi connectivity index (χ1v) is 8.54. The smallest absolute Gasteiger partial charge is 0.218 e. The van der Waals surface area contributed by atoms with Gasteiger partial charge in [-0.15, -0.1) is 0 Å². The van der Waals surface area contributed by atoms with E-state index in [9.17, 15) is 4.79 Å². The number of aromatic nitrogens is 2. The van der Waals surface area contributed by atoms with Gasteiger partial charge in [0.2, 0.25) is 6.41 Å². The zero-order valence-electron chi connectivity index (χ0n) is 14.2. The molecule has 6 nitrogen and oxygen atoms in total. The Labute approximate surface area is 151 Å². The molecular formula is C20H19N5O. The summed E-state index contributed by atoms with van der Waals surface area (Å²) in [5, 5.41) is 6.66. The van der Waals surface area contributed by atoms with E-state index in [0.29, 0.717) is 12.4 Å². The second-order valence-electron chi connectivity index (χ2n) is 6.07. The number of nitrogens with one attached hydrogen (secondary N) is 2. The molecule has 0 bridgehead atoms. The fourth-order valence-electron chi connectivity index (χ4n) is 3.10. The summed E-state index contributed by atoms with van der Waals surface area (Å²) >= 11 is 0. The summed E-state index contributed by atoms with van der Waals surface area (Å²) in [5.74, 6) is 0.657. The lowest BCUT2D eigenvalue weighted by atomic mass is 10.1. The van der Waals surface area contributed by atoms with Crippen molar-refractivity contribution in [1.29, 1.82) is 0 Å². The van der Waals surface area contributed by atoms with Gasteiger partial charge in [0, 0.05) is 37.4 Å². The van der Waals surface area contributed by atoms with Crippen molar-refractivity contribution < 1.29 is 4.79 Å². The van der Waals surface area contributed by atoms with Gasteiger partial charge in [0.15, 0.2) is 5.82 Å². The largest absolute Gasteiger partial charge is 0.384 e. The molecule has 6 heteroatoms. The van der Waals surface area contributed by atoms with Crippen LogP contribution in [0.5, 0.6) is 0 Å². The van der Waals surface area contributed by atoms with Gasteiger partial charge in [-0.3, -0.25) is 14.7 Å². The van der Waals surface area contributed by atoms with Crippen LogP contribution in [0.3, 0.4) is 0 Å². The molecule has 3 heterocycles. The van der Waals surface area contributed by atoms with Gasteiger partial charge < -0.3 is 10.6 Å². The van der Waals surface area contributed by atoms with Crippen molar-refractivity contribution in [2.75, 3.05) is 22.1 Å². The molecule has 1 aromatic carbocycles. The number of benzene rings is 1. The lowest BCUT2D eigenvalue weighted by Gasteiger charge is -2.21. The Morgan fingerprint density at radius 1 is 1.15 bits per heavy atom. The van der Waals surface area contributed by atoms with Crippen molar-refractivity contribution >= 4 is 29.3 Å². The van der Waals surface area contributed by atoms with E-state index < -0.39 is 0 Å². The van der Waals surface area contributed by atoms with Crippen molar-refractivity contribution in [3.05, 3.63) is 72.2 Å². The summed E-state index contributed by atoms with van der Waals surface area (Å²) in [4.78, 5) is 21.9. The molecule has 0 fully saturated rings. The summed E-state index contributed by atoms with van der Waals surface area (Å²) in [7, 11) is 0. The van der Waals surface area contributed by atoms with Gasteiger partial charge in [-0.1, -0.05) is 6.07 Å². The van der Waals surface area contributed by atoms with Crippen LogP contribution in [-0.4, -0.2) is 22.9 Å². The third-order valence-electron chi connectivity index (χ3n) is 4.44. The minimum atomic E-state index is 0.602. The summed E-state index contributed by atoms with van der Waals surface area (Å²) in [5.41, 5.74) is 4.99. The van der Waals surface area contributed by atoms with Crippen LogP contribution in [0.1, 0.15) is 11.1 Å². The average Bonchev–Trinajstić information content (AvgIpc) is 3.17. The Kier molecular flexibility index (Phi) is 4.47. The van der Waals surface area contributed by atoms with Crippen molar-refractivity contribution in [3.63, 3.8) is 0 Å². The summed E-state index contributed by atoms with van der Waals surface area (Å²) in [6.45, 7) is 1.54. The zero-order chi connectivity index (χ0) is 17.8. The topological polar surface area (TPSA) is 70.2 Å². The van der Waals surface area contributed by atoms with E-state index in [2.05, 4.69) is 26.7 Å². The first-order chi connectivity index (χ1) is 12.8. The molecule has 0 spiro atoms. The molecule has 4 rings (SSSR count). The number of rotatable bonds is 6. The van der Waals surface area contributed by atoms with Crippen molar-refractivity contribution in [2.24, 2.45) is 0 Å². The van der Waals surface area contributed by atoms with Gasteiger partial charge in [-0.05, 0) is 53.9 Å². The van der Waals surface area contributed by atoms with Crippen LogP contribution in [0.4, 0.5) is 22.9 Å². The Morgan fingerprint density at radius 3 is 2.88 bits per heavy atom. The monoisotopic (exact) mass is 345 g/mol. The van der Waals surface area contributed by atoms with E-state index in [1.54, 1.807) is 23.5 Å². The number of anilines is 4. The van der Waals surface area contributed by atoms with Gasteiger partial charge in [0.05, 0.1) is 11.4 Å². The third kappa shape index (κ3) is 3.21. The van der Waals surface area contributed by atoms with Gasteiger partial charge in [-0.2, -0.15) is 0 Å². The highest BCUT2D eigenvalue weighted by atomic mass is 16.1. The highest BCUT2D eigenvalue weighted by molar-refractivity contribution is 5.91. The number of hydrogen-bond acceptors (Lipinski definition) is 5. The van der Waals surface area contributed by atoms with Crippen molar-refractivity contribution in [2.45, 2.75) is 13.0 Å². The second kappa shape index (κ2) is 7.23. The Balaban J connectivity index is 1.62. The fraction of sp³-hybridized carbons (Fsp3) is 0.150. The molecular weight excluding hydrogens is 326 g/mol. The number of fused-ring (bicyclic) bond motifs is 1. The molecule has 3 aromatic rings. The molecule has 0 aliphatic carbocycles. The lowest BCUT2D eigenvalue weighted by Crippen LogP contribution is -2.17. The normalized spacial score (nSPS) is 12.2. The molecule has 2 aromatic heterocycles. The van der Waals surface area contributed by atoms with Crippen LogP contribution < -0.4 is 15.5 Å². The number of amides is 1. The number of carbonyl (C=O) groups excluding carboxylic acids is 1. The molecule has 0 radical (unpaired) electrons. The highest BCUT2D eigenvalue weighted by Gasteiger charge is 2.17. The maximum atomic E-state index is 11.9. The molecule has 0 unspecified atom stereocenters. The standard InChI is InChI=1S/C20H19N5O/c26-14-25(17-4-3-16-7-11-22-18(16)12-17)19-2-1-8-23-20(19)24-13-15-5-9-21-10-6-15/h1-6,8-10,12,14,22H,7,11,13H2,(H,23,24). The molecule has 26 heavy (non-hydrogen) atoms. The van der Waals surface area contributed by atoms with E-state index >= 15 is 0 Å². The van der Waals surface area contributed by atoms with Gasteiger partial charge in [0.25, 0.3) is 0 Å². The van der Waals surface area contributed by atoms with E-state index in [0.717, 1.165) is 42.0 Å². The first-order valence-electron chi connectivity index (χ1n) is 8.54. The quantitative estimate of drug-likeness (QED) is 0.671. The Morgan fingerprint density at radius 2 is 2.04 bits per heavy atom. The maximum absolute atomic E-state index is 11.9. The van der Waals surface area contributed by atoms with Crippen LogP contribution in [0.15, 0.2) is 61.1 Å². The molecule has 1 aliphatic rings. The molecule has 1 aliphatic heterocycles. The van der Waals surface area contributed by atoms with Gasteiger partial charge >= 0.3 is 0 Å². The van der Waals surface area contributed by atoms with Crippen LogP contribution in [0, 0.1) is 0 Å². The minimum Gasteiger partial charge on any atom is -0.384 e. The van der Waals surface area contributed by atoms with Gasteiger partial charge in [-0.25, -0.2) is 4.98 Å². The van der Waals surface area contributed by atoms with Gasteiger partial charge in [0.1, 0.15) is 0 Å². The molecule has 2 N–H and O–H groups in total. The summed E-state index contributed by atoms with van der Waals surface area (Å²) < 4.78 is 0. The fourth-order valence-corrected chi connectivity index (χ4v) is 3.10. The number of hydrogen-bond donors (Lipinski definition) is 2. The van der Waals surface area contributed by atoms with E-state index in [-0.39, 0.29) is 0 Å². The Hall–Kier alpha value is -3.41. The van der Waals surface area contributed by atoms with E-state index in [1.165, 1.54) is 5.56 Å². The molecule has 1 amide bonds. The van der Waals surface area contributed by atoms with Crippen LogP contribution >= 0.6 is 0 Å². The predicted octanol–water partition coefficient (Wildman–Crippen LogP) is 3.35. The first kappa shape index (κ1) is 16.1. The maximum Gasteiger partial charge on any atom is 0.218 e. The van der Waals surface area contributed by atoms with Crippen molar-refractivity contribution in [3.8, 4) is 0 Å². The molecule has 130 valence electrons. The summed E-state index contributed by atoms with van der Waals surface area (Å²) in [6, 6.07) is 13.7. The lowest BCUT2D eigenvalue weighted by molar-refractivity contribution is -0.106. The molecule has 0 saturated carbocycles. The van der Waals surface area contributed by atoms with Crippen LogP contribution in [0.2, 0.25) is 0 Å². The number of carbonyl (C=O) groups is 1. The zero-order valence-corrected chi connectivity index (χ0v) is 14.2. The van der Waals surface area contributed by atoms with E-state index in [1.807, 2.05) is 36.4 Å². The predicted molar refractivity (Wildman–Crippen MR) is 103 cm³/mol. The molecule has 0 atom stereocenters. The third-order valence-corrected chi connectivity index (χ3v) is 4.44.